The maximum Gasteiger partial charge on any atom is 0.258 e. The van der Waals surface area contributed by atoms with E-state index in [1.165, 1.54) is 0 Å². The molecule has 1 aromatic heterocycles. The first kappa shape index (κ1) is 30.1. The first-order valence-electron chi connectivity index (χ1n) is 14.3. The molecule has 2 amide bonds. The Hall–Kier alpha value is -3.92. The summed E-state index contributed by atoms with van der Waals surface area (Å²) in [6, 6.07) is 6.95. The maximum absolute atomic E-state index is 13.9. The number of hydrogen-bond acceptors (Lipinski definition) is 8. The van der Waals surface area contributed by atoms with Crippen molar-refractivity contribution in [3.63, 3.8) is 0 Å². The van der Waals surface area contributed by atoms with Crippen LogP contribution in [0.4, 0.5) is 26.0 Å². The van der Waals surface area contributed by atoms with Gasteiger partial charge in [-0.25, -0.2) is 17.2 Å². The third kappa shape index (κ3) is 5.56. The fourth-order valence-corrected chi connectivity index (χ4v) is 7.71. The number of nitrogens with zero attached hydrogens (tertiary/aromatic N) is 3. The van der Waals surface area contributed by atoms with Crippen LogP contribution in [0.3, 0.4) is 0 Å². The molecule has 0 spiro atoms. The summed E-state index contributed by atoms with van der Waals surface area (Å²) in [5.41, 5.74) is 1.01. The number of H-pyrrole nitrogens is 1. The minimum Gasteiger partial charge on any atom is -0.378 e. The van der Waals surface area contributed by atoms with Gasteiger partial charge in [-0.1, -0.05) is 0 Å². The Morgan fingerprint density at radius 3 is 2.48 bits per heavy atom. The Balaban J connectivity index is 1.28. The Morgan fingerprint density at radius 1 is 1.07 bits per heavy atom. The van der Waals surface area contributed by atoms with Crippen molar-refractivity contribution in [1.29, 1.82) is 0 Å². The van der Waals surface area contributed by atoms with Crippen LogP contribution in [-0.2, 0) is 31.6 Å². The third-order valence-corrected chi connectivity index (χ3v) is 10.3. The maximum atomic E-state index is 13.9. The molecule has 0 aliphatic carbocycles. The van der Waals surface area contributed by atoms with Crippen LogP contribution in [0, 0.1) is 11.6 Å². The molecule has 0 bridgehead atoms. The molecule has 0 radical (unpaired) electrons. The Kier molecular flexibility index (Phi) is 7.90. The van der Waals surface area contributed by atoms with Gasteiger partial charge in [-0.2, -0.15) is 9.40 Å². The largest absolute Gasteiger partial charge is 0.378 e. The number of sulfonamides is 1. The van der Waals surface area contributed by atoms with E-state index in [9.17, 15) is 26.8 Å². The van der Waals surface area contributed by atoms with Crippen LogP contribution in [0.2, 0.25) is 0 Å². The van der Waals surface area contributed by atoms with E-state index in [4.69, 9.17) is 4.74 Å². The SMILES string of the molecule is CC1(C)c2[nH]nc(NC(=O)c3ccc(N4CCOCC4)cc3NC(=O)[C@H]3CCCN3)c2CN1S(=O)(=O)c1cc(F)cc(F)c1. The van der Waals surface area contributed by atoms with Crippen molar-refractivity contribution in [3.8, 4) is 0 Å². The molecule has 4 N–H and O–H groups in total. The van der Waals surface area contributed by atoms with E-state index >= 15 is 0 Å². The van der Waals surface area contributed by atoms with Crippen molar-refractivity contribution in [1.82, 2.24) is 19.8 Å². The standard InChI is InChI=1S/C29H33F2N7O5S/c1-29(2)25-22(16-38(29)44(41,42)20-13-17(30)12-18(31)14-20)26(36-35-25)34-27(39)21-6-5-19(37-8-10-43-11-9-37)15-24(21)33-28(40)23-4-3-7-32-23/h5-6,12-15,23,32H,3-4,7-11,16H2,1-2H3,(H,33,40)(H2,34,35,36,39)/t23-/m1/s1. The zero-order valence-corrected chi connectivity index (χ0v) is 25.1. The first-order chi connectivity index (χ1) is 20.9. The van der Waals surface area contributed by atoms with Gasteiger partial charge < -0.3 is 25.6 Å². The minimum absolute atomic E-state index is 0.105. The molecule has 2 fully saturated rings. The Labute approximate surface area is 253 Å². The van der Waals surface area contributed by atoms with Crippen molar-refractivity contribution in [2.24, 2.45) is 0 Å². The van der Waals surface area contributed by atoms with Crippen molar-refractivity contribution in [3.05, 3.63) is 64.9 Å². The summed E-state index contributed by atoms with van der Waals surface area (Å²) in [6.45, 7) is 6.26. The number of halogens is 2. The smallest absolute Gasteiger partial charge is 0.258 e. The molecule has 1 atom stereocenters. The number of aromatic amines is 1. The first-order valence-corrected chi connectivity index (χ1v) is 15.8. The second kappa shape index (κ2) is 11.5. The van der Waals surface area contributed by atoms with E-state index in [1.807, 2.05) is 0 Å². The number of fused-ring (bicyclic) bond motifs is 1. The highest BCUT2D eigenvalue weighted by Crippen LogP contribution is 2.44. The predicted molar refractivity (Wildman–Crippen MR) is 158 cm³/mol. The van der Waals surface area contributed by atoms with Crippen molar-refractivity contribution in [2.75, 3.05) is 48.4 Å². The van der Waals surface area contributed by atoms with Gasteiger partial charge in [0.25, 0.3) is 5.91 Å². The van der Waals surface area contributed by atoms with Crippen LogP contribution in [0.1, 0.15) is 48.3 Å². The number of aromatic nitrogens is 2. The van der Waals surface area contributed by atoms with Gasteiger partial charge in [0.05, 0.1) is 46.6 Å². The molecular formula is C29H33F2N7O5S. The van der Waals surface area contributed by atoms with E-state index < -0.39 is 38.0 Å². The summed E-state index contributed by atoms with van der Waals surface area (Å²) in [5.74, 6) is -2.73. The van der Waals surface area contributed by atoms with Crippen molar-refractivity contribution in [2.45, 2.75) is 49.7 Å². The normalized spacial score (nSPS) is 20.0. The topological polar surface area (TPSA) is 149 Å². The number of carbonyl (C=O) groups is 2. The summed E-state index contributed by atoms with van der Waals surface area (Å²) < 4.78 is 61.4. The van der Waals surface area contributed by atoms with Gasteiger partial charge in [0, 0.05) is 37.0 Å². The molecule has 6 rings (SSSR count). The molecule has 0 unspecified atom stereocenters. The zero-order chi connectivity index (χ0) is 31.2. The molecule has 2 aromatic carbocycles. The third-order valence-electron chi connectivity index (χ3n) is 8.32. The number of morpholine rings is 1. The second-order valence-electron chi connectivity index (χ2n) is 11.5. The lowest BCUT2D eigenvalue weighted by atomic mass is 10.0. The van der Waals surface area contributed by atoms with Crippen LogP contribution < -0.4 is 20.9 Å². The van der Waals surface area contributed by atoms with E-state index in [0.29, 0.717) is 55.7 Å². The Morgan fingerprint density at radius 2 is 1.80 bits per heavy atom. The molecule has 2 saturated heterocycles. The molecule has 3 aromatic rings. The molecule has 4 heterocycles. The zero-order valence-electron chi connectivity index (χ0n) is 24.2. The lowest BCUT2D eigenvalue weighted by molar-refractivity contribution is -0.117. The van der Waals surface area contributed by atoms with Crippen LogP contribution in [0.5, 0.6) is 0 Å². The van der Waals surface area contributed by atoms with Gasteiger partial charge in [-0.3, -0.25) is 14.7 Å². The van der Waals surface area contributed by atoms with Gasteiger partial charge in [0.15, 0.2) is 5.82 Å². The minimum atomic E-state index is -4.34. The van der Waals surface area contributed by atoms with E-state index in [-0.39, 0.29) is 29.9 Å². The molecule has 3 aliphatic rings. The Bertz CT molecular complexity index is 1700. The fourth-order valence-electron chi connectivity index (χ4n) is 5.94. The van der Waals surface area contributed by atoms with Crippen LogP contribution in [0.15, 0.2) is 41.3 Å². The average molecular weight is 630 g/mol. The van der Waals surface area contributed by atoms with E-state index in [1.54, 1.807) is 32.0 Å². The van der Waals surface area contributed by atoms with Gasteiger partial charge in [0.1, 0.15) is 11.6 Å². The number of hydrogen-bond donors (Lipinski definition) is 4. The molecular weight excluding hydrogens is 596 g/mol. The molecule has 15 heteroatoms. The van der Waals surface area contributed by atoms with Crippen molar-refractivity contribution < 1.29 is 31.5 Å². The van der Waals surface area contributed by atoms with Gasteiger partial charge >= 0.3 is 0 Å². The number of amides is 2. The van der Waals surface area contributed by atoms with Crippen LogP contribution in [0.25, 0.3) is 0 Å². The molecule has 3 aliphatic heterocycles. The predicted octanol–water partition coefficient (Wildman–Crippen LogP) is 2.91. The van der Waals surface area contributed by atoms with Gasteiger partial charge in [-0.15, -0.1) is 0 Å². The molecule has 12 nitrogen and oxygen atoms in total. The van der Waals surface area contributed by atoms with E-state index in [0.717, 1.165) is 35.1 Å². The highest BCUT2D eigenvalue weighted by atomic mass is 32.2. The van der Waals surface area contributed by atoms with Crippen LogP contribution in [-0.4, -0.2) is 73.6 Å². The van der Waals surface area contributed by atoms with Crippen molar-refractivity contribution >= 4 is 39.0 Å². The molecule has 0 saturated carbocycles. The summed E-state index contributed by atoms with van der Waals surface area (Å²) in [5, 5.41) is 15.9. The lowest BCUT2D eigenvalue weighted by Gasteiger charge is -2.30. The quantitative estimate of drug-likeness (QED) is 0.312. The highest BCUT2D eigenvalue weighted by Gasteiger charge is 2.48. The number of anilines is 3. The number of rotatable bonds is 7. The molecule has 44 heavy (non-hydrogen) atoms. The summed E-state index contributed by atoms with van der Waals surface area (Å²) in [4.78, 5) is 28.3. The lowest BCUT2D eigenvalue weighted by Crippen LogP contribution is -2.40. The number of ether oxygens (including phenoxy) is 1. The molecule has 234 valence electrons. The second-order valence-corrected chi connectivity index (χ2v) is 13.4. The monoisotopic (exact) mass is 629 g/mol. The number of nitrogens with one attached hydrogen (secondary N) is 4. The fraction of sp³-hybridized carbons (Fsp3) is 0.414. The van der Waals surface area contributed by atoms with E-state index in [2.05, 4.69) is 31.0 Å². The summed E-state index contributed by atoms with van der Waals surface area (Å²) >= 11 is 0. The number of carbonyl (C=O) groups excluding carboxylic acids is 2. The highest BCUT2D eigenvalue weighted by molar-refractivity contribution is 7.89. The average Bonchev–Trinajstić information content (AvgIpc) is 3.72. The number of benzene rings is 2. The van der Waals surface area contributed by atoms with Crippen LogP contribution >= 0.6 is 0 Å². The summed E-state index contributed by atoms with van der Waals surface area (Å²) in [6.07, 6.45) is 1.56. The van der Waals surface area contributed by atoms with Gasteiger partial charge in [0.2, 0.25) is 15.9 Å². The summed E-state index contributed by atoms with van der Waals surface area (Å²) in [7, 11) is -4.34. The van der Waals surface area contributed by atoms with Gasteiger partial charge in [-0.05, 0) is 63.6 Å².